The van der Waals surface area contributed by atoms with Gasteiger partial charge in [-0.25, -0.2) is 9.78 Å². The van der Waals surface area contributed by atoms with E-state index in [1.807, 2.05) is 0 Å². The maximum absolute atomic E-state index is 11.4. The quantitative estimate of drug-likeness (QED) is 0.840. The molecule has 1 atom stereocenters. The number of carbonyl (C=O) groups is 1. The van der Waals surface area contributed by atoms with Crippen LogP contribution in [0.5, 0.6) is 0 Å². The number of aromatic nitrogens is 1. The molecule has 0 spiro atoms. The third-order valence-corrected chi connectivity index (χ3v) is 2.41. The predicted molar refractivity (Wildman–Crippen MR) is 71.1 cm³/mol. The van der Waals surface area contributed by atoms with Crippen LogP contribution in [0.3, 0.4) is 0 Å². The lowest BCUT2D eigenvalue weighted by molar-refractivity contribution is 0.0492. The van der Waals surface area contributed by atoms with Crippen LogP contribution in [0.25, 0.3) is 0 Å². The van der Waals surface area contributed by atoms with Crippen molar-refractivity contribution in [3.8, 4) is 0 Å². The van der Waals surface area contributed by atoms with Crippen LogP contribution in [0, 0.1) is 0 Å². The summed E-state index contributed by atoms with van der Waals surface area (Å²) in [5, 5.41) is 12.4. The Kier molecular flexibility index (Phi) is 5.10. The number of aliphatic hydroxyl groups is 1. The van der Waals surface area contributed by atoms with Crippen molar-refractivity contribution in [2.45, 2.75) is 32.5 Å². The summed E-state index contributed by atoms with van der Waals surface area (Å²) in [6.07, 6.45) is 0.238. The Morgan fingerprint density at radius 1 is 1.61 bits per heavy atom. The SMILES string of the molecule is CC(C)(C)OC(=O)NC[C@@H](O)c1ccnc(Br)c1. The molecule has 1 amide bonds. The second-order valence-corrected chi connectivity index (χ2v) is 5.62. The molecular weight excluding hydrogens is 300 g/mol. The molecule has 0 bridgehead atoms. The number of pyridine rings is 1. The zero-order chi connectivity index (χ0) is 13.8. The highest BCUT2D eigenvalue weighted by atomic mass is 79.9. The second-order valence-electron chi connectivity index (χ2n) is 4.81. The molecule has 1 aromatic rings. The van der Waals surface area contributed by atoms with Crippen molar-refractivity contribution < 1.29 is 14.6 Å². The van der Waals surface area contributed by atoms with E-state index in [0.29, 0.717) is 10.2 Å². The molecule has 100 valence electrons. The molecule has 0 saturated carbocycles. The van der Waals surface area contributed by atoms with E-state index >= 15 is 0 Å². The fraction of sp³-hybridized carbons (Fsp3) is 0.500. The Hall–Kier alpha value is -1.14. The van der Waals surface area contributed by atoms with Gasteiger partial charge in [0.1, 0.15) is 10.2 Å². The van der Waals surface area contributed by atoms with E-state index in [-0.39, 0.29) is 6.54 Å². The summed E-state index contributed by atoms with van der Waals surface area (Å²) in [4.78, 5) is 15.4. The summed E-state index contributed by atoms with van der Waals surface area (Å²) in [7, 11) is 0. The molecule has 0 aliphatic rings. The van der Waals surface area contributed by atoms with Gasteiger partial charge in [-0.3, -0.25) is 0 Å². The molecule has 0 unspecified atom stereocenters. The average Bonchev–Trinajstić information content (AvgIpc) is 2.23. The molecule has 18 heavy (non-hydrogen) atoms. The molecule has 0 fully saturated rings. The summed E-state index contributed by atoms with van der Waals surface area (Å²) in [6.45, 7) is 5.43. The summed E-state index contributed by atoms with van der Waals surface area (Å²) >= 11 is 3.22. The standard InChI is InChI=1S/C12H17BrN2O3/c1-12(2,3)18-11(17)15-7-9(16)8-4-5-14-10(13)6-8/h4-6,9,16H,7H2,1-3H3,(H,15,17)/t9-/m1/s1. The topological polar surface area (TPSA) is 71.5 Å². The van der Waals surface area contributed by atoms with Crippen molar-refractivity contribution in [3.05, 3.63) is 28.5 Å². The van der Waals surface area contributed by atoms with Gasteiger partial charge in [0.15, 0.2) is 0 Å². The maximum Gasteiger partial charge on any atom is 0.407 e. The Balaban J connectivity index is 2.46. The van der Waals surface area contributed by atoms with E-state index in [2.05, 4.69) is 26.2 Å². The number of alkyl carbamates (subject to hydrolysis) is 1. The van der Waals surface area contributed by atoms with Crippen molar-refractivity contribution in [1.29, 1.82) is 0 Å². The van der Waals surface area contributed by atoms with Crippen LogP contribution in [0.4, 0.5) is 4.79 Å². The Morgan fingerprint density at radius 2 is 2.28 bits per heavy atom. The normalized spacial score (nSPS) is 12.9. The van der Waals surface area contributed by atoms with Gasteiger partial charge in [0, 0.05) is 6.20 Å². The maximum atomic E-state index is 11.4. The number of halogens is 1. The van der Waals surface area contributed by atoms with Crippen molar-refractivity contribution >= 4 is 22.0 Å². The first kappa shape index (κ1) is 14.9. The summed E-state index contributed by atoms with van der Waals surface area (Å²) in [5.74, 6) is 0. The van der Waals surface area contributed by atoms with Gasteiger partial charge in [-0.05, 0) is 54.4 Å². The lowest BCUT2D eigenvalue weighted by atomic mass is 10.1. The zero-order valence-electron chi connectivity index (χ0n) is 10.6. The first-order chi connectivity index (χ1) is 8.28. The number of rotatable bonds is 3. The van der Waals surface area contributed by atoms with Crippen LogP contribution >= 0.6 is 15.9 Å². The van der Waals surface area contributed by atoms with E-state index in [9.17, 15) is 9.90 Å². The molecule has 0 aromatic carbocycles. The smallest absolute Gasteiger partial charge is 0.407 e. The van der Waals surface area contributed by atoms with E-state index < -0.39 is 17.8 Å². The van der Waals surface area contributed by atoms with Crippen LogP contribution in [0.2, 0.25) is 0 Å². The Bertz CT molecular complexity index is 418. The zero-order valence-corrected chi connectivity index (χ0v) is 12.2. The third-order valence-electron chi connectivity index (χ3n) is 1.97. The molecule has 1 heterocycles. The van der Waals surface area contributed by atoms with E-state index in [4.69, 9.17) is 4.74 Å². The third kappa shape index (κ3) is 5.46. The minimum absolute atomic E-state index is 0.0887. The minimum Gasteiger partial charge on any atom is -0.444 e. The van der Waals surface area contributed by atoms with Crippen molar-refractivity contribution in [1.82, 2.24) is 10.3 Å². The van der Waals surface area contributed by atoms with Crippen LogP contribution in [-0.2, 0) is 4.74 Å². The fourth-order valence-electron chi connectivity index (χ4n) is 1.24. The average molecular weight is 317 g/mol. The van der Waals surface area contributed by atoms with Crippen molar-refractivity contribution in [2.24, 2.45) is 0 Å². The lowest BCUT2D eigenvalue weighted by Crippen LogP contribution is -2.34. The number of hydrogen-bond acceptors (Lipinski definition) is 4. The number of nitrogens with one attached hydrogen (secondary N) is 1. The van der Waals surface area contributed by atoms with Crippen LogP contribution in [-0.4, -0.2) is 28.3 Å². The number of nitrogens with zero attached hydrogens (tertiary/aromatic N) is 1. The summed E-state index contributed by atoms with van der Waals surface area (Å²) in [5.41, 5.74) is 0.127. The van der Waals surface area contributed by atoms with Gasteiger partial charge >= 0.3 is 6.09 Å². The summed E-state index contributed by atoms with van der Waals surface area (Å²) in [6, 6.07) is 3.38. The van der Waals surface area contributed by atoms with E-state index in [1.54, 1.807) is 39.1 Å². The highest BCUT2D eigenvalue weighted by Crippen LogP contribution is 2.15. The number of ether oxygens (including phenoxy) is 1. The van der Waals surface area contributed by atoms with Gasteiger partial charge in [-0.15, -0.1) is 0 Å². The molecule has 0 aliphatic heterocycles. The van der Waals surface area contributed by atoms with Gasteiger partial charge in [-0.1, -0.05) is 0 Å². The first-order valence-corrected chi connectivity index (χ1v) is 6.33. The largest absolute Gasteiger partial charge is 0.444 e. The van der Waals surface area contributed by atoms with Gasteiger partial charge in [0.2, 0.25) is 0 Å². The Morgan fingerprint density at radius 3 is 2.83 bits per heavy atom. The number of hydrogen-bond donors (Lipinski definition) is 2. The number of amides is 1. The van der Waals surface area contributed by atoms with Crippen molar-refractivity contribution in [2.75, 3.05) is 6.54 Å². The van der Waals surface area contributed by atoms with E-state index in [0.717, 1.165) is 0 Å². The predicted octanol–water partition coefficient (Wildman–Crippen LogP) is 2.40. The molecule has 5 nitrogen and oxygen atoms in total. The highest BCUT2D eigenvalue weighted by Gasteiger charge is 2.17. The monoisotopic (exact) mass is 316 g/mol. The molecule has 2 N–H and O–H groups in total. The molecular formula is C12H17BrN2O3. The number of aliphatic hydroxyl groups excluding tert-OH is 1. The van der Waals surface area contributed by atoms with Crippen LogP contribution < -0.4 is 5.32 Å². The Labute approximate surface area is 115 Å². The van der Waals surface area contributed by atoms with Gasteiger partial charge in [0.05, 0.1) is 12.6 Å². The lowest BCUT2D eigenvalue weighted by Gasteiger charge is -2.20. The molecule has 0 aliphatic carbocycles. The minimum atomic E-state index is -0.795. The second kappa shape index (κ2) is 6.15. The van der Waals surface area contributed by atoms with Gasteiger partial charge in [0.25, 0.3) is 0 Å². The number of carbonyl (C=O) groups excluding carboxylic acids is 1. The molecule has 0 radical (unpaired) electrons. The van der Waals surface area contributed by atoms with Gasteiger partial charge < -0.3 is 15.2 Å². The van der Waals surface area contributed by atoms with E-state index in [1.165, 1.54) is 0 Å². The molecule has 1 rings (SSSR count). The molecule has 6 heteroatoms. The van der Waals surface area contributed by atoms with Crippen LogP contribution in [0.1, 0.15) is 32.4 Å². The van der Waals surface area contributed by atoms with Gasteiger partial charge in [-0.2, -0.15) is 0 Å². The molecule has 0 saturated heterocycles. The summed E-state index contributed by atoms with van der Waals surface area (Å²) < 4.78 is 5.70. The van der Waals surface area contributed by atoms with Crippen molar-refractivity contribution in [3.63, 3.8) is 0 Å². The van der Waals surface area contributed by atoms with Crippen LogP contribution in [0.15, 0.2) is 22.9 Å². The molecule has 1 aromatic heterocycles. The first-order valence-electron chi connectivity index (χ1n) is 5.54. The fourth-order valence-corrected chi connectivity index (χ4v) is 1.62. The highest BCUT2D eigenvalue weighted by molar-refractivity contribution is 9.10.